The van der Waals surface area contributed by atoms with Gasteiger partial charge in [0, 0.05) is 6.54 Å². The van der Waals surface area contributed by atoms with E-state index in [1.165, 1.54) is 0 Å². The van der Waals surface area contributed by atoms with Crippen LogP contribution in [0.5, 0.6) is 0 Å². The van der Waals surface area contributed by atoms with Crippen molar-refractivity contribution in [2.75, 3.05) is 12.3 Å². The van der Waals surface area contributed by atoms with Gasteiger partial charge in [-0.3, -0.25) is 0 Å². The molecule has 0 saturated heterocycles. The Labute approximate surface area is 72.1 Å². The Kier molecular flexibility index (Phi) is 2.82. The van der Waals surface area contributed by atoms with Crippen LogP contribution in [-0.4, -0.2) is 11.5 Å². The second-order valence-corrected chi connectivity index (χ2v) is 2.63. The summed E-state index contributed by atoms with van der Waals surface area (Å²) in [5.41, 5.74) is 12.8. The van der Waals surface area contributed by atoms with Gasteiger partial charge in [-0.2, -0.15) is 0 Å². The van der Waals surface area contributed by atoms with E-state index in [4.69, 9.17) is 11.5 Å². The fraction of sp³-hybridized carbons (Fsp3) is 0.222. The average molecular weight is 163 g/mol. The molecule has 0 bridgehead atoms. The van der Waals surface area contributed by atoms with Gasteiger partial charge in [0.2, 0.25) is 0 Å². The topological polar surface area (TPSA) is 64.9 Å². The lowest BCUT2D eigenvalue weighted by Gasteiger charge is -1.98. The van der Waals surface area contributed by atoms with E-state index in [1.807, 2.05) is 31.2 Å². The van der Waals surface area contributed by atoms with E-state index in [-0.39, 0.29) is 0 Å². The molecule has 0 aliphatic carbocycles. The van der Waals surface area contributed by atoms with Crippen LogP contribution in [0.3, 0.4) is 0 Å². The smallest absolute Gasteiger partial charge is 0.124 e. The highest BCUT2D eigenvalue weighted by molar-refractivity contribution is 5.49. The Bertz CT molecular complexity index is 272. The highest BCUT2D eigenvalue weighted by Gasteiger charge is 1.92. The number of nitrogen functional groups attached to an aromatic ring is 1. The minimum absolute atomic E-state index is 0.523. The van der Waals surface area contributed by atoms with E-state index >= 15 is 0 Å². The molecule has 4 N–H and O–H groups in total. The lowest BCUT2D eigenvalue weighted by molar-refractivity contribution is 1.24. The monoisotopic (exact) mass is 163 g/mol. The van der Waals surface area contributed by atoms with Gasteiger partial charge in [-0.05, 0) is 30.7 Å². The first-order valence-corrected chi connectivity index (χ1v) is 3.83. The number of pyridine rings is 1. The predicted octanol–water partition coefficient (Wildman–Crippen LogP) is 0.944. The number of rotatable bonds is 2. The van der Waals surface area contributed by atoms with Crippen LogP contribution in [0.2, 0.25) is 0 Å². The first-order chi connectivity index (χ1) is 5.72. The van der Waals surface area contributed by atoms with Crippen molar-refractivity contribution in [1.82, 2.24) is 4.98 Å². The van der Waals surface area contributed by atoms with Crippen LogP contribution in [0.25, 0.3) is 6.08 Å². The summed E-state index contributed by atoms with van der Waals surface area (Å²) in [6.07, 6.45) is 3.71. The zero-order valence-electron chi connectivity index (χ0n) is 7.12. The maximum absolute atomic E-state index is 5.55. The van der Waals surface area contributed by atoms with E-state index < -0.39 is 0 Å². The highest BCUT2D eigenvalue weighted by Crippen LogP contribution is 2.07. The van der Waals surface area contributed by atoms with Crippen molar-refractivity contribution in [3.05, 3.63) is 29.5 Å². The van der Waals surface area contributed by atoms with Crippen molar-refractivity contribution < 1.29 is 0 Å². The number of aryl methyl sites for hydroxylation is 1. The molecule has 0 aliphatic rings. The summed E-state index contributed by atoms with van der Waals surface area (Å²) in [7, 11) is 0. The third-order valence-corrected chi connectivity index (χ3v) is 1.43. The van der Waals surface area contributed by atoms with Crippen molar-refractivity contribution in [2.24, 2.45) is 5.73 Å². The van der Waals surface area contributed by atoms with Gasteiger partial charge in [-0.1, -0.05) is 6.08 Å². The first kappa shape index (κ1) is 8.74. The second-order valence-electron chi connectivity index (χ2n) is 2.63. The fourth-order valence-corrected chi connectivity index (χ4v) is 0.996. The summed E-state index contributed by atoms with van der Waals surface area (Å²) in [6, 6.07) is 3.79. The first-order valence-electron chi connectivity index (χ1n) is 3.83. The van der Waals surface area contributed by atoms with Gasteiger partial charge < -0.3 is 11.5 Å². The molecule has 0 amide bonds. The number of hydrogen-bond acceptors (Lipinski definition) is 3. The lowest BCUT2D eigenvalue weighted by atomic mass is 10.2. The van der Waals surface area contributed by atoms with Gasteiger partial charge in [-0.15, -0.1) is 0 Å². The number of nitrogens with zero attached hydrogens (tertiary/aromatic N) is 1. The van der Waals surface area contributed by atoms with Crippen molar-refractivity contribution in [3.8, 4) is 0 Å². The molecule has 64 valence electrons. The summed E-state index contributed by atoms with van der Waals surface area (Å²) < 4.78 is 0. The van der Waals surface area contributed by atoms with Crippen LogP contribution in [0, 0.1) is 6.92 Å². The maximum Gasteiger partial charge on any atom is 0.124 e. The number of anilines is 1. The molecule has 0 aromatic carbocycles. The summed E-state index contributed by atoms with van der Waals surface area (Å²) in [5.74, 6) is 0.548. The zero-order chi connectivity index (χ0) is 8.97. The summed E-state index contributed by atoms with van der Waals surface area (Å²) in [6.45, 7) is 2.51. The van der Waals surface area contributed by atoms with Crippen LogP contribution >= 0.6 is 0 Å². The van der Waals surface area contributed by atoms with Gasteiger partial charge in [0.1, 0.15) is 5.82 Å². The Balaban J connectivity index is 2.93. The molecule has 0 atom stereocenters. The fourth-order valence-electron chi connectivity index (χ4n) is 0.996. The van der Waals surface area contributed by atoms with Crippen molar-refractivity contribution >= 4 is 11.9 Å². The Hall–Kier alpha value is -1.35. The van der Waals surface area contributed by atoms with E-state index in [2.05, 4.69) is 4.98 Å². The van der Waals surface area contributed by atoms with Crippen LogP contribution < -0.4 is 11.5 Å². The number of hydrogen-bond donors (Lipinski definition) is 2. The molecule has 0 aliphatic heterocycles. The minimum Gasteiger partial charge on any atom is -0.384 e. The summed E-state index contributed by atoms with van der Waals surface area (Å²) in [5, 5.41) is 0. The highest BCUT2D eigenvalue weighted by atomic mass is 14.8. The van der Waals surface area contributed by atoms with E-state index in [0.29, 0.717) is 12.4 Å². The van der Waals surface area contributed by atoms with E-state index in [0.717, 1.165) is 11.3 Å². The summed E-state index contributed by atoms with van der Waals surface area (Å²) in [4.78, 5) is 4.11. The van der Waals surface area contributed by atoms with E-state index in [1.54, 1.807) is 0 Å². The van der Waals surface area contributed by atoms with Crippen LogP contribution in [0.1, 0.15) is 11.3 Å². The molecule has 0 spiro atoms. The Morgan fingerprint density at radius 1 is 1.50 bits per heavy atom. The third kappa shape index (κ3) is 2.36. The molecule has 3 heteroatoms. The Morgan fingerprint density at radius 3 is 2.83 bits per heavy atom. The van der Waals surface area contributed by atoms with Crippen LogP contribution in [0.15, 0.2) is 18.2 Å². The average Bonchev–Trinajstić information content (AvgIpc) is 1.99. The minimum atomic E-state index is 0.523. The van der Waals surface area contributed by atoms with Crippen molar-refractivity contribution in [1.29, 1.82) is 0 Å². The maximum atomic E-state index is 5.55. The predicted molar refractivity (Wildman–Crippen MR) is 51.5 cm³/mol. The number of nitrogens with two attached hydrogens (primary N) is 2. The standard InChI is InChI=1S/C9H13N3/c1-7-5-8(3-2-4-10)12-9(11)6-7/h2-3,5-6H,4,10H2,1H3,(H2,11,12). The van der Waals surface area contributed by atoms with Crippen LogP contribution in [0.4, 0.5) is 5.82 Å². The second kappa shape index (κ2) is 3.88. The van der Waals surface area contributed by atoms with Crippen molar-refractivity contribution in [2.45, 2.75) is 6.92 Å². The molecule has 0 unspecified atom stereocenters. The SMILES string of the molecule is Cc1cc(N)nc(C=CCN)c1. The van der Waals surface area contributed by atoms with Gasteiger partial charge in [-0.25, -0.2) is 4.98 Å². The lowest BCUT2D eigenvalue weighted by Crippen LogP contribution is -1.95. The molecule has 0 saturated carbocycles. The largest absolute Gasteiger partial charge is 0.384 e. The molecule has 1 heterocycles. The molecule has 12 heavy (non-hydrogen) atoms. The molecule has 0 fully saturated rings. The van der Waals surface area contributed by atoms with Gasteiger partial charge >= 0.3 is 0 Å². The zero-order valence-corrected chi connectivity index (χ0v) is 7.12. The molecular formula is C9H13N3. The third-order valence-electron chi connectivity index (χ3n) is 1.43. The molecule has 1 rings (SSSR count). The van der Waals surface area contributed by atoms with Gasteiger partial charge in [0.05, 0.1) is 5.69 Å². The molecule has 3 nitrogen and oxygen atoms in total. The van der Waals surface area contributed by atoms with Crippen molar-refractivity contribution in [3.63, 3.8) is 0 Å². The van der Waals surface area contributed by atoms with Gasteiger partial charge in [0.15, 0.2) is 0 Å². The molecule has 1 aromatic heterocycles. The molecule has 1 aromatic rings. The van der Waals surface area contributed by atoms with Gasteiger partial charge in [0.25, 0.3) is 0 Å². The summed E-state index contributed by atoms with van der Waals surface area (Å²) >= 11 is 0. The number of aromatic nitrogens is 1. The Morgan fingerprint density at radius 2 is 2.25 bits per heavy atom. The quantitative estimate of drug-likeness (QED) is 0.682. The van der Waals surface area contributed by atoms with E-state index in [9.17, 15) is 0 Å². The molecule has 0 radical (unpaired) electrons. The van der Waals surface area contributed by atoms with Crippen LogP contribution in [-0.2, 0) is 0 Å². The normalized spacial score (nSPS) is 10.8. The molecular weight excluding hydrogens is 150 g/mol.